The van der Waals surface area contributed by atoms with Gasteiger partial charge in [0.15, 0.2) is 0 Å². The molecule has 0 spiro atoms. The molecule has 0 aliphatic carbocycles. The lowest BCUT2D eigenvalue weighted by Gasteiger charge is -2.22. The molecule has 0 radical (unpaired) electrons. The van der Waals surface area contributed by atoms with Gasteiger partial charge < -0.3 is 20.1 Å². The van der Waals surface area contributed by atoms with Crippen LogP contribution in [0.15, 0.2) is 48.5 Å². The van der Waals surface area contributed by atoms with Crippen molar-refractivity contribution in [2.75, 3.05) is 18.5 Å². The molecule has 0 heterocycles. The molecule has 2 aromatic rings. The largest absolute Gasteiger partial charge is 0.494 e. The van der Waals surface area contributed by atoms with Gasteiger partial charge in [-0.15, -0.1) is 0 Å². The number of para-hydroxylation sites is 1. The Morgan fingerprint density at radius 2 is 1.57 bits per heavy atom. The highest BCUT2D eigenvalue weighted by Gasteiger charge is 2.26. The minimum atomic E-state index is -0.686. The van der Waals surface area contributed by atoms with E-state index in [0.717, 1.165) is 5.75 Å². The summed E-state index contributed by atoms with van der Waals surface area (Å²) >= 11 is 0. The molecule has 0 aromatic heterocycles. The first-order valence-electron chi connectivity index (χ1n) is 9.52. The summed E-state index contributed by atoms with van der Waals surface area (Å²) in [6.45, 7) is 8.58. The van der Waals surface area contributed by atoms with Gasteiger partial charge in [0.05, 0.1) is 18.8 Å². The van der Waals surface area contributed by atoms with Gasteiger partial charge in [-0.25, -0.2) is 0 Å². The van der Waals surface area contributed by atoms with Crippen molar-refractivity contribution >= 4 is 17.5 Å². The lowest BCUT2D eigenvalue weighted by Crippen LogP contribution is -2.47. The number of amides is 2. The number of nitrogens with one attached hydrogen (secondary N) is 2. The summed E-state index contributed by atoms with van der Waals surface area (Å²) in [5.74, 6) is 0.524. The summed E-state index contributed by atoms with van der Waals surface area (Å²) in [5.41, 5.74) is 1.05. The topological polar surface area (TPSA) is 76.7 Å². The first-order valence-corrected chi connectivity index (χ1v) is 9.52. The summed E-state index contributed by atoms with van der Waals surface area (Å²) in [4.78, 5) is 25.5. The average Bonchev–Trinajstić information content (AvgIpc) is 2.68. The van der Waals surface area contributed by atoms with Gasteiger partial charge >= 0.3 is 0 Å². The van der Waals surface area contributed by atoms with Gasteiger partial charge in [-0.3, -0.25) is 9.59 Å². The van der Waals surface area contributed by atoms with Crippen LogP contribution in [0.5, 0.6) is 11.5 Å². The molecular weight excluding hydrogens is 356 g/mol. The molecule has 2 N–H and O–H groups in total. The second kappa shape index (κ2) is 10.3. The summed E-state index contributed by atoms with van der Waals surface area (Å²) in [7, 11) is 0. The Morgan fingerprint density at radius 1 is 0.929 bits per heavy atom. The van der Waals surface area contributed by atoms with Crippen molar-refractivity contribution in [1.82, 2.24) is 5.32 Å². The van der Waals surface area contributed by atoms with Crippen molar-refractivity contribution in [3.05, 3.63) is 54.1 Å². The smallest absolute Gasteiger partial charge is 0.255 e. The van der Waals surface area contributed by atoms with E-state index >= 15 is 0 Å². The molecule has 2 amide bonds. The quantitative estimate of drug-likeness (QED) is 0.688. The van der Waals surface area contributed by atoms with E-state index in [0.29, 0.717) is 30.2 Å². The molecule has 1 atom stereocenters. The lowest BCUT2D eigenvalue weighted by atomic mass is 10.0. The van der Waals surface area contributed by atoms with Gasteiger partial charge in [-0.2, -0.15) is 0 Å². The molecule has 28 heavy (non-hydrogen) atoms. The third kappa shape index (κ3) is 5.74. The van der Waals surface area contributed by atoms with Gasteiger partial charge in [0.2, 0.25) is 5.91 Å². The van der Waals surface area contributed by atoms with Crippen molar-refractivity contribution < 1.29 is 19.1 Å². The van der Waals surface area contributed by atoms with E-state index in [4.69, 9.17) is 9.47 Å². The highest BCUT2D eigenvalue weighted by atomic mass is 16.5. The van der Waals surface area contributed by atoms with Crippen LogP contribution in [0.4, 0.5) is 5.69 Å². The Labute approximate surface area is 166 Å². The molecule has 6 nitrogen and oxygen atoms in total. The van der Waals surface area contributed by atoms with Crippen LogP contribution in [-0.2, 0) is 4.79 Å². The number of ether oxygens (including phenoxy) is 2. The molecule has 0 saturated carbocycles. The van der Waals surface area contributed by atoms with Crippen molar-refractivity contribution in [2.24, 2.45) is 5.92 Å². The number of benzene rings is 2. The van der Waals surface area contributed by atoms with Crippen molar-refractivity contribution in [2.45, 2.75) is 33.7 Å². The van der Waals surface area contributed by atoms with Crippen LogP contribution in [0.2, 0.25) is 0 Å². The van der Waals surface area contributed by atoms with E-state index in [1.807, 2.05) is 27.7 Å². The van der Waals surface area contributed by atoms with Gasteiger partial charge in [0.1, 0.15) is 17.5 Å². The van der Waals surface area contributed by atoms with Crippen LogP contribution in [0.3, 0.4) is 0 Å². The van der Waals surface area contributed by atoms with Crippen molar-refractivity contribution in [3.63, 3.8) is 0 Å². The molecular formula is C22H28N2O4. The predicted octanol–water partition coefficient (Wildman–Crippen LogP) is 3.88. The zero-order valence-corrected chi connectivity index (χ0v) is 16.8. The van der Waals surface area contributed by atoms with E-state index in [2.05, 4.69) is 10.6 Å². The van der Waals surface area contributed by atoms with E-state index in [1.54, 1.807) is 48.5 Å². The standard InChI is InChI=1S/C22H28N2O4/c1-5-27-17-13-11-16(12-14-17)23-22(26)20(15(3)4)24-21(25)18-9-7-8-10-19(18)28-6-2/h7-15,20H,5-6H2,1-4H3,(H,23,26)(H,24,25)/t20-/m1/s1. The number of carbonyl (C=O) groups excluding carboxylic acids is 2. The fourth-order valence-electron chi connectivity index (χ4n) is 2.71. The molecule has 0 saturated heterocycles. The van der Waals surface area contributed by atoms with Crippen LogP contribution in [0.25, 0.3) is 0 Å². The summed E-state index contributed by atoms with van der Waals surface area (Å²) in [5, 5.41) is 5.68. The number of rotatable bonds is 9. The highest BCUT2D eigenvalue weighted by Crippen LogP contribution is 2.19. The highest BCUT2D eigenvalue weighted by molar-refractivity contribution is 6.02. The Morgan fingerprint density at radius 3 is 2.18 bits per heavy atom. The second-order valence-electron chi connectivity index (χ2n) is 6.57. The van der Waals surface area contributed by atoms with Crippen molar-refractivity contribution in [3.8, 4) is 11.5 Å². The fraction of sp³-hybridized carbons (Fsp3) is 0.364. The van der Waals surface area contributed by atoms with Crippen molar-refractivity contribution in [1.29, 1.82) is 0 Å². The van der Waals surface area contributed by atoms with Gasteiger partial charge in [-0.1, -0.05) is 26.0 Å². The molecule has 150 valence electrons. The monoisotopic (exact) mass is 384 g/mol. The summed E-state index contributed by atoms with van der Waals surface area (Å²) in [6.07, 6.45) is 0. The van der Waals surface area contributed by atoms with Crippen LogP contribution < -0.4 is 20.1 Å². The van der Waals surface area contributed by atoms with E-state index in [-0.39, 0.29) is 17.7 Å². The van der Waals surface area contributed by atoms with Gasteiger partial charge in [0, 0.05) is 5.69 Å². The number of hydrogen-bond donors (Lipinski definition) is 2. The second-order valence-corrected chi connectivity index (χ2v) is 6.57. The predicted molar refractivity (Wildman–Crippen MR) is 110 cm³/mol. The van der Waals surface area contributed by atoms with E-state index in [1.165, 1.54) is 0 Å². The van der Waals surface area contributed by atoms with Crippen LogP contribution >= 0.6 is 0 Å². The average molecular weight is 384 g/mol. The Balaban J connectivity index is 2.10. The zero-order valence-electron chi connectivity index (χ0n) is 16.8. The van der Waals surface area contributed by atoms with E-state index in [9.17, 15) is 9.59 Å². The normalized spacial score (nSPS) is 11.6. The number of hydrogen-bond acceptors (Lipinski definition) is 4. The van der Waals surface area contributed by atoms with E-state index < -0.39 is 6.04 Å². The molecule has 2 aromatic carbocycles. The minimum absolute atomic E-state index is 0.0918. The fourth-order valence-corrected chi connectivity index (χ4v) is 2.71. The molecule has 6 heteroatoms. The SMILES string of the molecule is CCOc1ccc(NC(=O)[C@H](NC(=O)c2ccccc2OCC)C(C)C)cc1. The van der Waals surface area contributed by atoms with Gasteiger partial charge in [0.25, 0.3) is 5.91 Å². The Hall–Kier alpha value is -3.02. The molecule has 2 rings (SSSR count). The molecule has 0 fully saturated rings. The first kappa shape index (κ1) is 21.3. The number of carbonyl (C=O) groups is 2. The Kier molecular flexibility index (Phi) is 7.87. The summed E-state index contributed by atoms with van der Waals surface area (Å²) < 4.78 is 10.9. The van der Waals surface area contributed by atoms with Gasteiger partial charge in [-0.05, 0) is 56.2 Å². The maximum atomic E-state index is 12.8. The minimum Gasteiger partial charge on any atom is -0.494 e. The molecule has 0 unspecified atom stereocenters. The van der Waals surface area contributed by atoms with Crippen LogP contribution in [-0.4, -0.2) is 31.1 Å². The lowest BCUT2D eigenvalue weighted by molar-refractivity contribution is -0.118. The van der Waals surface area contributed by atoms with Crippen LogP contribution in [0.1, 0.15) is 38.1 Å². The Bertz CT molecular complexity index is 787. The molecule has 0 aliphatic rings. The summed E-state index contributed by atoms with van der Waals surface area (Å²) in [6, 6.07) is 13.4. The molecule has 0 bridgehead atoms. The molecule has 0 aliphatic heterocycles. The third-order valence-electron chi connectivity index (χ3n) is 4.10. The number of anilines is 1. The maximum absolute atomic E-state index is 12.8. The third-order valence-corrected chi connectivity index (χ3v) is 4.10. The maximum Gasteiger partial charge on any atom is 0.255 e. The van der Waals surface area contributed by atoms with Crippen LogP contribution in [0, 0.1) is 5.92 Å². The zero-order chi connectivity index (χ0) is 20.5. The first-order chi connectivity index (χ1) is 13.5.